The highest BCUT2D eigenvalue weighted by molar-refractivity contribution is 7.89. The lowest BCUT2D eigenvalue weighted by Crippen LogP contribution is -2.35. The fraction of sp³-hybridized carbons (Fsp3) is 0.188. The Hall–Kier alpha value is -2.25. The van der Waals surface area contributed by atoms with E-state index in [1.54, 1.807) is 18.3 Å². The molecule has 1 aliphatic rings. The summed E-state index contributed by atoms with van der Waals surface area (Å²) in [5.74, 6) is -0.690. The number of nitrogens with zero attached hydrogens (tertiary/aromatic N) is 2. The summed E-state index contributed by atoms with van der Waals surface area (Å²) in [5.41, 5.74) is 1.67. The van der Waals surface area contributed by atoms with Crippen molar-refractivity contribution in [2.24, 2.45) is 0 Å². The number of aromatic hydroxyl groups is 1. The summed E-state index contributed by atoms with van der Waals surface area (Å²) in [5, 5.41) is 9.47. The molecule has 0 saturated carbocycles. The second kappa shape index (κ2) is 6.10. The molecule has 1 N–H and O–H groups in total. The summed E-state index contributed by atoms with van der Waals surface area (Å²) in [6.07, 6.45) is 5.19. The van der Waals surface area contributed by atoms with E-state index in [0.717, 1.165) is 17.2 Å². The maximum absolute atomic E-state index is 13.8. The minimum Gasteiger partial charge on any atom is -0.506 e. The van der Waals surface area contributed by atoms with E-state index < -0.39 is 15.8 Å². The molecule has 1 aliphatic heterocycles. The first-order valence-corrected chi connectivity index (χ1v) is 8.50. The standard InChI is InChI=1S/C16H15FN2O3S/c17-15-3-1-2-4-16(15)23(21,22)19-7-5-12(6-8-19)13-9-14(20)11-18-10-13/h1-5,9-11,20H,6-8H2. The van der Waals surface area contributed by atoms with Crippen LogP contribution in [0.15, 0.2) is 53.7 Å². The smallest absolute Gasteiger partial charge is 0.246 e. The molecule has 0 fully saturated rings. The third kappa shape index (κ3) is 3.11. The fourth-order valence-electron chi connectivity index (χ4n) is 2.53. The molecular weight excluding hydrogens is 319 g/mol. The maximum Gasteiger partial charge on any atom is 0.246 e. The van der Waals surface area contributed by atoms with Crippen molar-refractivity contribution in [1.29, 1.82) is 0 Å². The van der Waals surface area contributed by atoms with E-state index in [2.05, 4.69) is 4.98 Å². The normalized spacial score (nSPS) is 16.1. The highest BCUT2D eigenvalue weighted by atomic mass is 32.2. The van der Waals surface area contributed by atoms with E-state index in [1.165, 1.54) is 28.7 Å². The minimum atomic E-state index is -3.86. The molecule has 3 rings (SSSR count). The van der Waals surface area contributed by atoms with Gasteiger partial charge in [0.25, 0.3) is 0 Å². The van der Waals surface area contributed by atoms with Gasteiger partial charge in [0.05, 0.1) is 6.20 Å². The second-order valence-electron chi connectivity index (χ2n) is 5.20. The maximum atomic E-state index is 13.8. The van der Waals surface area contributed by atoms with Crippen LogP contribution in [0.25, 0.3) is 5.57 Å². The summed E-state index contributed by atoms with van der Waals surface area (Å²) in [6, 6.07) is 6.94. The number of rotatable bonds is 3. The molecule has 2 aromatic rings. The quantitative estimate of drug-likeness (QED) is 0.936. The van der Waals surface area contributed by atoms with Crippen molar-refractivity contribution >= 4 is 15.6 Å². The zero-order valence-electron chi connectivity index (χ0n) is 12.2. The Bertz CT molecular complexity index is 865. The van der Waals surface area contributed by atoms with Crippen LogP contribution < -0.4 is 0 Å². The Labute approximate surface area is 133 Å². The molecule has 0 atom stereocenters. The van der Waals surface area contributed by atoms with Crippen molar-refractivity contribution in [1.82, 2.24) is 9.29 Å². The largest absolute Gasteiger partial charge is 0.506 e. The molecule has 0 spiro atoms. The lowest BCUT2D eigenvalue weighted by Gasteiger charge is -2.26. The summed E-state index contributed by atoms with van der Waals surface area (Å²) in [6.45, 7) is 0.403. The molecule has 1 aromatic heterocycles. The van der Waals surface area contributed by atoms with Crippen LogP contribution in [0.5, 0.6) is 5.75 Å². The lowest BCUT2D eigenvalue weighted by atomic mass is 10.0. The molecule has 120 valence electrons. The predicted molar refractivity (Wildman–Crippen MR) is 83.7 cm³/mol. The van der Waals surface area contributed by atoms with Crippen LogP contribution in [0.3, 0.4) is 0 Å². The zero-order valence-corrected chi connectivity index (χ0v) is 13.0. The van der Waals surface area contributed by atoms with E-state index >= 15 is 0 Å². The van der Waals surface area contributed by atoms with Crippen LogP contribution in [0.4, 0.5) is 4.39 Å². The molecular formula is C16H15FN2O3S. The number of halogens is 1. The van der Waals surface area contributed by atoms with Gasteiger partial charge in [-0.3, -0.25) is 4.98 Å². The second-order valence-corrected chi connectivity index (χ2v) is 7.11. The zero-order chi connectivity index (χ0) is 16.4. The fourth-order valence-corrected chi connectivity index (χ4v) is 3.97. The van der Waals surface area contributed by atoms with Gasteiger partial charge in [-0.05, 0) is 35.8 Å². The summed E-state index contributed by atoms with van der Waals surface area (Å²) in [4.78, 5) is 3.60. The van der Waals surface area contributed by atoms with Crippen molar-refractivity contribution in [3.63, 3.8) is 0 Å². The van der Waals surface area contributed by atoms with Crippen LogP contribution in [0, 0.1) is 5.82 Å². The van der Waals surface area contributed by atoms with E-state index in [1.807, 2.05) is 0 Å². The van der Waals surface area contributed by atoms with Gasteiger partial charge in [-0.25, -0.2) is 12.8 Å². The average Bonchev–Trinajstić information content (AvgIpc) is 2.55. The topological polar surface area (TPSA) is 70.5 Å². The number of pyridine rings is 1. The first kappa shape index (κ1) is 15.6. The van der Waals surface area contributed by atoms with Crippen molar-refractivity contribution in [2.75, 3.05) is 13.1 Å². The van der Waals surface area contributed by atoms with Crippen molar-refractivity contribution < 1.29 is 17.9 Å². The Morgan fingerprint density at radius 2 is 2.00 bits per heavy atom. The van der Waals surface area contributed by atoms with Crippen LogP contribution in [-0.2, 0) is 10.0 Å². The molecule has 23 heavy (non-hydrogen) atoms. The molecule has 5 nitrogen and oxygen atoms in total. The lowest BCUT2D eigenvalue weighted by molar-refractivity contribution is 0.436. The van der Waals surface area contributed by atoms with Gasteiger partial charge in [-0.15, -0.1) is 0 Å². The summed E-state index contributed by atoms with van der Waals surface area (Å²) in [7, 11) is -3.86. The third-order valence-corrected chi connectivity index (χ3v) is 5.62. The minimum absolute atomic E-state index is 0.0600. The Balaban J connectivity index is 1.85. The van der Waals surface area contributed by atoms with Gasteiger partial charge < -0.3 is 5.11 Å². The molecule has 0 amide bonds. The van der Waals surface area contributed by atoms with Gasteiger partial charge in [-0.1, -0.05) is 18.2 Å². The summed E-state index contributed by atoms with van der Waals surface area (Å²) < 4.78 is 40.0. The average molecular weight is 334 g/mol. The Kier molecular flexibility index (Phi) is 4.14. The highest BCUT2D eigenvalue weighted by Gasteiger charge is 2.28. The first-order chi connectivity index (χ1) is 11.0. The van der Waals surface area contributed by atoms with Crippen LogP contribution in [-0.4, -0.2) is 35.9 Å². The molecule has 0 unspecified atom stereocenters. The SMILES string of the molecule is O=S(=O)(c1ccccc1F)N1CC=C(c2cncc(O)c2)CC1. The molecule has 0 radical (unpaired) electrons. The number of sulfonamides is 1. The van der Waals surface area contributed by atoms with Crippen LogP contribution >= 0.6 is 0 Å². The van der Waals surface area contributed by atoms with Crippen LogP contribution in [0.2, 0.25) is 0 Å². The van der Waals surface area contributed by atoms with Crippen molar-refractivity contribution in [2.45, 2.75) is 11.3 Å². The van der Waals surface area contributed by atoms with Gasteiger partial charge in [0, 0.05) is 19.3 Å². The Morgan fingerprint density at radius 3 is 2.65 bits per heavy atom. The first-order valence-electron chi connectivity index (χ1n) is 7.06. The predicted octanol–water partition coefficient (Wildman–Crippen LogP) is 2.40. The number of benzene rings is 1. The van der Waals surface area contributed by atoms with E-state index in [0.29, 0.717) is 6.42 Å². The van der Waals surface area contributed by atoms with Crippen molar-refractivity contribution in [3.8, 4) is 5.75 Å². The highest BCUT2D eigenvalue weighted by Crippen LogP contribution is 2.27. The molecule has 7 heteroatoms. The molecule has 0 bridgehead atoms. The molecule has 1 aromatic carbocycles. The van der Waals surface area contributed by atoms with Crippen LogP contribution in [0.1, 0.15) is 12.0 Å². The van der Waals surface area contributed by atoms with Gasteiger partial charge in [-0.2, -0.15) is 4.31 Å². The number of hydrogen-bond acceptors (Lipinski definition) is 4. The third-order valence-electron chi connectivity index (χ3n) is 3.72. The molecule has 0 saturated heterocycles. The molecule has 0 aliphatic carbocycles. The number of hydrogen-bond donors (Lipinski definition) is 1. The van der Waals surface area contributed by atoms with Gasteiger partial charge in [0.1, 0.15) is 16.5 Å². The van der Waals surface area contributed by atoms with Gasteiger partial charge >= 0.3 is 0 Å². The summed E-state index contributed by atoms with van der Waals surface area (Å²) >= 11 is 0. The Morgan fingerprint density at radius 1 is 1.22 bits per heavy atom. The van der Waals surface area contributed by atoms with E-state index in [-0.39, 0.29) is 23.7 Å². The monoisotopic (exact) mass is 334 g/mol. The van der Waals surface area contributed by atoms with Gasteiger partial charge in [0.15, 0.2) is 0 Å². The molecule has 2 heterocycles. The van der Waals surface area contributed by atoms with E-state index in [9.17, 15) is 17.9 Å². The van der Waals surface area contributed by atoms with Gasteiger partial charge in [0.2, 0.25) is 10.0 Å². The van der Waals surface area contributed by atoms with Crippen molar-refractivity contribution in [3.05, 3.63) is 60.2 Å². The van der Waals surface area contributed by atoms with E-state index in [4.69, 9.17) is 0 Å². The number of aromatic nitrogens is 1.